The van der Waals surface area contributed by atoms with E-state index in [9.17, 15) is 24.1 Å². The van der Waals surface area contributed by atoms with Gasteiger partial charge in [0, 0.05) is 56.4 Å². The van der Waals surface area contributed by atoms with Crippen molar-refractivity contribution in [1.82, 2.24) is 25.6 Å². The summed E-state index contributed by atoms with van der Waals surface area (Å²) in [5.41, 5.74) is 4.94. The molecule has 4 rings (SSSR count). The smallest absolute Gasteiger partial charge is 0.324 e. The molecule has 1 aliphatic rings. The highest BCUT2D eigenvalue weighted by atomic mass is 32.5. The van der Waals surface area contributed by atoms with Crippen LogP contribution in [0.4, 0.5) is 5.69 Å². The second kappa shape index (κ2) is 30.3. The minimum atomic E-state index is -3.17. The molecule has 3 aromatic rings. The summed E-state index contributed by atoms with van der Waals surface area (Å²) in [5, 5.41) is 15.1. The van der Waals surface area contributed by atoms with Gasteiger partial charge in [-0.25, -0.2) is 4.68 Å². The molecule has 3 N–H and O–H groups in total. The number of rotatable bonds is 34. The Morgan fingerprint density at radius 3 is 2.05 bits per heavy atom. The average molecular weight is 945 g/mol. The van der Waals surface area contributed by atoms with Crippen LogP contribution < -0.4 is 15.5 Å². The molecule has 1 unspecified atom stereocenters. The van der Waals surface area contributed by atoms with E-state index < -0.39 is 6.72 Å². The highest BCUT2D eigenvalue weighted by molar-refractivity contribution is 8.07. The van der Waals surface area contributed by atoms with E-state index >= 15 is 0 Å². The number of hydrogen-bond acceptors (Lipinski definition) is 13. The Hall–Kier alpha value is -3.97. The molecule has 1 aromatic heterocycles. The number of carbonyl (C=O) groups excluding carboxylic acids is 4. The molecule has 19 heteroatoms. The minimum Gasteiger partial charge on any atom is -0.379 e. The van der Waals surface area contributed by atoms with Crippen LogP contribution in [0.1, 0.15) is 97.0 Å². The van der Waals surface area contributed by atoms with Gasteiger partial charge in [0.05, 0.1) is 83.5 Å². The summed E-state index contributed by atoms with van der Waals surface area (Å²) in [7, 11) is 0. The summed E-state index contributed by atoms with van der Waals surface area (Å²) >= 11 is 4.99. The number of Topliss-reactive ketones (excluding diaryl/α,β-unsaturated/α-hetero) is 1. The number of hydrogen-bond donors (Lipinski definition) is 3. The molecule has 0 aliphatic carbocycles. The van der Waals surface area contributed by atoms with Crippen LogP contribution in [-0.4, -0.2) is 122 Å². The third-order valence-electron chi connectivity index (χ3n) is 10.2. The Bertz CT molecular complexity index is 1970. The second-order valence-corrected chi connectivity index (χ2v) is 18.7. The first-order valence-corrected chi connectivity index (χ1v) is 25.5. The summed E-state index contributed by atoms with van der Waals surface area (Å²) in [4.78, 5) is 61.9. The molecule has 0 fully saturated rings. The Morgan fingerprint density at radius 2 is 1.32 bits per heavy atom. The molecule has 0 saturated heterocycles. The van der Waals surface area contributed by atoms with Crippen LogP contribution in [0.25, 0.3) is 22.5 Å². The van der Waals surface area contributed by atoms with Crippen molar-refractivity contribution in [3.8, 4) is 22.5 Å². The number of nitrogens with one attached hydrogen (secondary N) is 2. The fourth-order valence-corrected chi connectivity index (χ4v) is 8.67. The van der Waals surface area contributed by atoms with Gasteiger partial charge in [-0.15, -0.1) is 5.10 Å². The van der Waals surface area contributed by atoms with Crippen molar-refractivity contribution in [3.63, 3.8) is 0 Å². The largest absolute Gasteiger partial charge is 0.379 e. The molecule has 0 radical (unpaired) electrons. The van der Waals surface area contributed by atoms with Gasteiger partial charge >= 0.3 is 6.72 Å². The van der Waals surface area contributed by atoms with E-state index in [0.29, 0.717) is 98.5 Å². The standard InChI is InChI=1S/C46H69N6O11PS/c1-36(2)63-64(57,65)62-26-14-5-4-12-23-47-42(54)19-7-6-13-25-52-46-40-17-10-11-18-41(40)51(35-38-15-8-9-16-39(38)45(46)49-50-52)44(56)21-20-43(55)48-24-28-59-30-32-61-34-33-60-31-29-58-27-22-37(3)53/h8-11,15-18,36H,4-7,12-14,19-35H2,1-3H3,(H,47,54)(H,48,55)(H,57,65). The van der Waals surface area contributed by atoms with Crippen molar-refractivity contribution < 1.29 is 52.1 Å². The van der Waals surface area contributed by atoms with E-state index in [0.717, 1.165) is 78.7 Å². The second-order valence-electron chi connectivity index (χ2n) is 15.9. The van der Waals surface area contributed by atoms with E-state index in [1.165, 1.54) is 6.92 Å². The van der Waals surface area contributed by atoms with Gasteiger partial charge in [0.15, 0.2) is 0 Å². The maximum absolute atomic E-state index is 14.0. The summed E-state index contributed by atoms with van der Waals surface area (Å²) in [6, 6.07) is 15.6. The lowest BCUT2D eigenvalue weighted by Gasteiger charge is -2.28. The maximum Gasteiger partial charge on any atom is 0.324 e. The number of carbonyl (C=O) groups is 4. The van der Waals surface area contributed by atoms with E-state index in [1.54, 1.807) is 18.7 Å². The van der Waals surface area contributed by atoms with Crippen LogP contribution in [0.5, 0.6) is 0 Å². The Labute approximate surface area is 388 Å². The van der Waals surface area contributed by atoms with Crippen LogP contribution in [0.3, 0.4) is 0 Å². The van der Waals surface area contributed by atoms with E-state index in [-0.39, 0.29) is 42.5 Å². The number of ketones is 1. The van der Waals surface area contributed by atoms with Gasteiger partial charge in [-0.3, -0.25) is 19.2 Å². The monoisotopic (exact) mass is 944 g/mol. The number of para-hydroxylation sites is 1. The van der Waals surface area contributed by atoms with Crippen LogP contribution in [0.2, 0.25) is 0 Å². The molecule has 2 heterocycles. The van der Waals surface area contributed by atoms with Crippen molar-refractivity contribution in [2.24, 2.45) is 0 Å². The third-order valence-corrected chi connectivity index (χ3v) is 12.0. The molecule has 0 saturated carbocycles. The predicted molar refractivity (Wildman–Crippen MR) is 252 cm³/mol. The number of nitrogens with zero attached hydrogens (tertiary/aromatic N) is 4. The quantitative estimate of drug-likeness (QED) is 0.0445. The lowest BCUT2D eigenvalue weighted by molar-refractivity contribution is -0.125. The molecule has 1 atom stereocenters. The highest BCUT2D eigenvalue weighted by Crippen LogP contribution is 2.45. The van der Waals surface area contributed by atoms with Gasteiger partial charge in [0.2, 0.25) is 17.7 Å². The van der Waals surface area contributed by atoms with Crippen molar-refractivity contribution >= 4 is 47.7 Å². The van der Waals surface area contributed by atoms with Gasteiger partial charge in [-0.1, -0.05) is 66.9 Å². The number of benzene rings is 2. The highest BCUT2D eigenvalue weighted by Gasteiger charge is 2.29. The molecule has 0 spiro atoms. The van der Waals surface area contributed by atoms with Crippen LogP contribution in [0.15, 0.2) is 48.5 Å². The molecule has 0 bridgehead atoms. The molecule has 17 nitrogen and oxygen atoms in total. The molecule has 3 amide bonds. The topological polar surface area (TPSA) is 202 Å². The van der Waals surface area contributed by atoms with Crippen molar-refractivity contribution in [2.75, 3.05) is 77.5 Å². The van der Waals surface area contributed by atoms with Crippen molar-refractivity contribution in [1.29, 1.82) is 0 Å². The first-order chi connectivity index (χ1) is 31.4. The van der Waals surface area contributed by atoms with Crippen LogP contribution in [0, 0.1) is 0 Å². The molecule has 360 valence electrons. The maximum atomic E-state index is 14.0. The van der Waals surface area contributed by atoms with Gasteiger partial charge in [-0.05, 0) is 69.9 Å². The number of fused-ring (bicyclic) bond motifs is 5. The van der Waals surface area contributed by atoms with Gasteiger partial charge in [0.1, 0.15) is 11.5 Å². The average Bonchev–Trinajstić information content (AvgIpc) is 3.68. The zero-order valence-corrected chi connectivity index (χ0v) is 40.1. The van der Waals surface area contributed by atoms with Crippen LogP contribution >= 0.6 is 6.72 Å². The first-order valence-electron chi connectivity index (χ1n) is 22.9. The van der Waals surface area contributed by atoms with Gasteiger partial charge in [-0.2, -0.15) is 0 Å². The lowest BCUT2D eigenvalue weighted by Crippen LogP contribution is -2.34. The Morgan fingerprint density at radius 1 is 0.708 bits per heavy atom. The Kier molecular flexibility index (Phi) is 25.0. The summed E-state index contributed by atoms with van der Waals surface area (Å²) < 4.78 is 34.3. The molecular weight excluding hydrogens is 876 g/mol. The molecule has 1 aliphatic heterocycles. The first kappa shape index (κ1) is 53.6. The zero-order chi connectivity index (χ0) is 46.7. The number of ether oxygens (including phenoxy) is 4. The number of amides is 3. The van der Waals surface area contributed by atoms with E-state index in [4.69, 9.17) is 39.8 Å². The summed E-state index contributed by atoms with van der Waals surface area (Å²) in [5.74, 6) is -0.278. The zero-order valence-electron chi connectivity index (χ0n) is 38.3. The third kappa shape index (κ3) is 20.6. The number of unbranched alkanes of at least 4 members (excludes halogenated alkanes) is 5. The SMILES string of the molecule is CC(=O)CCOCCOCCOCCOCCNC(=O)CCC(=O)N1Cc2ccccc2-c2nnn(CCCCCC(=O)NCCCCCCOP(O)(=S)OC(C)C)c2-c2ccccc21. The molecule has 65 heavy (non-hydrogen) atoms. The lowest BCUT2D eigenvalue weighted by atomic mass is 9.95. The van der Waals surface area contributed by atoms with Crippen molar-refractivity contribution in [2.45, 2.75) is 111 Å². The van der Waals surface area contributed by atoms with Crippen molar-refractivity contribution in [3.05, 3.63) is 54.1 Å². The molecule has 2 aromatic carbocycles. The fourth-order valence-electron chi connectivity index (χ4n) is 6.98. The van der Waals surface area contributed by atoms with Crippen LogP contribution in [-0.2, 0) is 72.1 Å². The normalized spacial score (nSPS) is 13.0. The summed E-state index contributed by atoms with van der Waals surface area (Å²) in [6.07, 6.45) is 6.52. The molecular formula is C46H69N6O11PS. The Balaban J connectivity index is 1.17. The number of aromatic nitrogens is 3. The van der Waals surface area contributed by atoms with Gasteiger partial charge < -0.3 is 48.4 Å². The van der Waals surface area contributed by atoms with E-state index in [2.05, 4.69) is 20.9 Å². The van der Waals surface area contributed by atoms with Gasteiger partial charge in [0.25, 0.3) is 0 Å². The van der Waals surface area contributed by atoms with E-state index in [1.807, 2.05) is 53.2 Å². The minimum absolute atomic E-state index is 0.0224. The fraction of sp³-hybridized carbons (Fsp3) is 0.609. The number of aryl methyl sites for hydroxylation is 1. The number of anilines is 1. The predicted octanol–water partition coefficient (Wildman–Crippen LogP) is 6.30. The summed E-state index contributed by atoms with van der Waals surface area (Å²) in [6.45, 7) is 7.33.